The standard InChI is InChI=1S/C23H21N3O/c27-22(13-18-4-2-12-24-15-18)5-1-3-17-6-8-19(9-7-17)20-10-11-23-21(14-20)16-25-26-23/h2,4,6-12,14-16H,1,3,5,13H2,(H,25,26). The van der Waals surface area contributed by atoms with Gasteiger partial charge in [0.1, 0.15) is 5.78 Å². The Balaban J connectivity index is 1.32. The van der Waals surface area contributed by atoms with Crippen molar-refractivity contribution < 1.29 is 4.79 Å². The molecule has 4 aromatic rings. The summed E-state index contributed by atoms with van der Waals surface area (Å²) in [5.74, 6) is 0.271. The molecule has 0 saturated heterocycles. The monoisotopic (exact) mass is 355 g/mol. The van der Waals surface area contributed by atoms with E-state index in [1.165, 1.54) is 16.7 Å². The molecule has 2 aromatic heterocycles. The number of nitrogens with zero attached hydrogens (tertiary/aromatic N) is 2. The van der Waals surface area contributed by atoms with Crippen LogP contribution in [0.2, 0.25) is 0 Å². The van der Waals surface area contributed by atoms with Crippen LogP contribution in [-0.2, 0) is 17.6 Å². The minimum Gasteiger partial charge on any atom is -0.299 e. The number of fused-ring (bicyclic) bond motifs is 1. The Kier molecular flexibility index (Phi) is 5.06. The molecule has 4 rings (SSSR count). The van der Waals surface area contributed by atoms with Crippen LogP contribution in [0.25, 0.3) is 22.0 Å². The maximum atomic E-state index is 12.1. The SMILES string of the molecule is O=C(CCCc1ccc(-c2ccc3[nH]ncc3c2)cc1)Cc1cccnc1. The average molecular weight is 355 g/mol. The summed E-state index contributed by atoms with van der Waals surface area (Å²) >= 11 is 0. The topological polar surface area (TPSA) is 58.6 Å². The quantitative estimate of drug-likeness (QED) is 0.520. The van der Waals surface area contributed by atoms with Crippen molar-refractivity contribution in [3.05, 3.63) is 84.3 Å². The van der Waals surface area contributed by atoms with Crippen LogP contribution in [-0.4, -0.2) is 21.0 Å². The Morgan fingerprint density at radius 2 is 1.78 bits per heavy atom. The molecule has 0 aliphatic carbocycles. The van der Waals surface area contributed by atoms with E-state index in [1.807, 2.05) is 18.3 Å². The van der Waals surface area contributed by atoms with Gasteiger partial charge >= 0.3 is 0 Å². The second kappa shape index (κ2) is 7.96. The van der Waals surface area contributed by atoms with Gasteiger partial charge in [0.25, 0.3) is 0 Å². The normalized spacial score (nSPS) is 11.0. The van der Waals surface area contributed by atoms with E-state index >= 15 is 0 Å². The van der Waals surface area contributed by atoms with E-state index in [9.17, 15) is 4.79 Å². The summed E-state index contributed by atoms with van der Waals surface area (Å²) in [6.45, 7) is 0. The Hall–Kier alpha value is -3.27. The Morgan fingerprint density at radius 3 is 2.59 bits per heavy atom. The van der Waals surface area contributed by atoms with Gasteiger partial charge in [0.15, 0.2) is 0 Å². The first-order valence-electron chi connectivity index (χ1n) is 9.21. The summed E-state index contributed by atoms with van der Waals surface area (Å²) < 4.78 is 0. The zero-order valence-electron chi connectivity index (χ0n) is 15.1. The zero-order valence-corrected chi connectivity index (χ0v) is 15.1. The first-order chi connectivity index (χ1) is 13.3. The van der Waals surface area contributed by atoms with Crippen molar-refractivity contribution in [3.8, 4) is 11.1 Å². The third-order valence-electron chi connectivity index (χ3n) is 4.77. The van der Waals surface area contributed by atoms with Gasteiger partial charge in [0.2, 0.25) is 0 Å². The van der Waals surface area contributed by atoms with E-state index in [-0.39, 0.29) is 5.78 Å². The molecule has 0 atom stereocenters. The van der Waals surface area contributed by atoms with Crippen molar-refractivity contribution in [1.29, 1.82) is 0 Å². The minimum atomic E-state index is 0.271. The molecule has 4 nitrogen and oxygen atoms in total. The van der Waals surface area contributed by atoms with E-state index in [2.05, 4.69) is 57.6 Å². The molecule has 2 aromatic carbocycles. The Labute approximate surface area is 158 Å². The van der Waals surface area contributed by atoms with Crippen molar-refractivity contribution in [3.63, 3.8) is 0 Å². The van der Waals surface area contributed by atoms with Crippen molar-refractivity contribution in [2.75, 3.05) is 0 Å². The van der Waals surface area contributed by atoms with Crippen LogP contribution in [0.15, 0.2) is 73.2 Å². The fraction of sp³-hybridized carbons (Fsp3) is 0.174. The maximum Gasteiger partial charge on any atom is 0.137 e. The molecule has 0 aliphatic rings. The third kappa shape index (κ3) is 4.29. The number of H-pyrrole nitrogens is 1. The maximum absolute atomic E-state index is 12.1. The number of Topliss-reactive ketones (excluding diaryl/α,β-unsaturated/α-hetero) is 1. The predicted molar refractivity (Wildman–Crippen MR) is 107 cm³/mol. The largest absolute Gasteiger partial charge is 0.299 e. The molecule has 134 valence electrons. The Bertz CT molecular complexity index is 1040. The fourth-order valence-corrected chi connectivity index (χ4v) is 3.29. The number of aromatic amines is 1. The van der Waals surface area contributed by atoms with Gasteiger partial charge in [-0.2, -0.15) is 5.10 Å². The number of hydrogen-bond acceptors (Lipinski definition) is 3. The molecule has 2 heterocycles. The lowest BCUT2D eigenvalue weighted by molar-refractivity contribution is -0.118. The van der Waals surface area contributed by atoms with Crippen LogP contribution in [0.1, 0.15) is 24.0 Å². The van der Waals surface area contributed by atoms with Gasteiger partial charge in [0, 0.05) is 30.6 Å². The Morgan fingerprint density at radius 1 is 0.926 bits per heavy atom. The number of aromatic nitrogens is 3. The summed E-state index contributed by atoms with van der Waals surface area (Å²) in [7, 11) is 0. The van der Waals surface area contributed by atoms with Gasteiger partial charge in [-0.05, 0) is 53.3 Å². The zero-order chi connectivity index (χ0) is 18.5. The molecule has 27 heavy (non-hydrogen) atoms. The second-order valence-corrected chi connectivity index (χ2v) is 6.80. The second-order valence-electron chi connectivity index (χ2n) is 6.80. The molecule has 0 aliphatic heterocycles. The molecule has 1 N–H and O–H groups in total. The molecular formula is C23H21N3O. The van der Waals surface area contributed by atoms with Crippen LogP contribution >= 0.6 is 0 Å². The highest BCUT2D eigenvalue weighted by atomic mass is 16.1. The average Bonchev–Trinajstić information content (AvgIpc) is 3.17. The summed E-state index contributed by atoms with van der Waals surface area (Å²) in [6.07, 6.45) is 8.20. The van der Waals surface area contributed by atoms with Gasteiger partial charge in [-0.3, -0.25) is 14.9 Å². The minimum absolute atomic E-state index is 0.271. The number of carbonyl (C=O) groups is 1. The number of aryl methyl sites for hydroxylation is 1. The highest BCUT2D eigenvalue weighted by Gasteiger charge is 2.05. The molecule has 0 unspecified atom stereocenters. The van der Waals surface area contributed by atoms with Crippen LogP contribution in [0.5, 0.6) is 0 Å². The van der Waals surface area contributed by atoms with E-state index in [1.54, 1.807) is 12.4 Å². The van der Waals surface area contributed by atoms with Gasteiger partial charge in [-0.15, -0.1) is 0 Å². The number of benzene rings is 2. The molecule has 0 radical (unpaired) electrons. The van der Waals surface area contributed by atoms with Crippen LogP contribution in [0.4, 0.5) is 0 Å². The molecular weight excluding hydrogens is 334 g/mol. The summed E-state index contributed by atoms with van der Waals surface area (Å²) in [4.78, 5) is 16.1. The van der Waals surface area contributed by atoms with E-state index in [0.29, 0.717) is 12.8 Å². The van der Waals surface area contributed by atoms with Crippen LogP contribution in [0.3, 0.4) is 0 Å². The van der Waals surface area contributed by atoms with E-state index in [0.717, 1.165) is 29.3 Å². The third-order valence-corrected chi connectivity index (χ3v) is 4.77. The highest BCUT2D eigenvalue weighted by molar-refractivity contribution is 5.84. The lowest BCUT2D eigenvalue weighted by Gasteiger charge is -2.05. The summed E-state index contributed by atoms with van der Waals surface area (Å²) in [6, 6.07) is 18.7. The molecule has 0 saturated carbocycles. The molecule has 0 amide bonds. The van der Waals surface area contributed by atoms with E-state index < -0.39 is 0 Å². The van der Waals surface area contributed by atoms with E-state index in [4.69, 9.17) is 0 Å². The van der Waals surface area contributed by atoms with Crippen LogP contribution in [0, 0.1) is 0 Å². The summed E-state index contributed by atoms with van der Waals surface area (Å²) in [5, 5.41) is 8.16. The number of hydrogen-bond donors (Lipinski definition) is 1. The van der Waals surface area contributed by atoms with Crippen molar-refractivity contribution >= 4 is 16.7 Å². The summed E-state index contributed by atoms with van der Waals surface area (Å²) in [5.41, 5.74) is 5.67. The molecule has 4 heteroatoms. The smallest absolute Gasteiger partial charge is 0.137 e. The number of nitrogens with one attached hydrogen (secondary N) is 1. The van der Waals surface area contributed by atoms with Gasteiger partial charge in [-0.1, -0.05) is 36.4 Å². The number of ketones is 1. The molecule has 0 fully saturated rings. The number of pyridine rings is 1. The number of rotatable bonds is 7. The lowest BCUT2D eigenvalue weighted by atomic mass is 9.99. The molecule has 0 spiro atoms. The van der Waals surface area contributed by atoms with Gasteiger partial charge < -0.3 is 0 Å². The van der Waals surface area contributed by atoms with Crippen molar-refractivity contribution in [2.24, 2.45) is 0 Å². The molecule has 0 bridgehead atoms. The lowest BCUT2D eigenvalue weighted by Crippen LogP contribution is -2.03. The predicted octanol–water partition coefficient (Wildman–Crippen LogP) is 4.76. The van der Waals surface area contributed by atoms with Gasteiger partial charge in [0.05, 0.1) is 11.7 Å². The number of carbonyl (C=O) groups excluding carboxylic acids is 1. The first kappa shape index (κ1) is 17.2. The van der Waals surface area contributed by atoms with Gasteiger partial charge in [-0.25, -0.2) is 0 Å². The van der Waals surface area contributed by atoms with Crippen LogP contribution < -0.4 is 0 Å². The van der Waals surface area contributed by atoms with Crippen molar-refractivity contribution in [2.45, 2.75) is 25.7 Å². The van der Waals surface area contributed by atoms with Crippen molar-refractivity contribution in [1.82, 2.24) is 15.2 Å². The fourth-order valence-electron chi connectivity index (χ4n) is 3.29. The first-order valence-corrected chi connectivity index (χ1v) is 9.21. The highest BCUT2D eigenvalue weighted by Crippen LogP contribution is 2.24.